The molecule has 1 rings (SSSR count). The van der Waals surface area contributed by atoms with E-state index in [2.05, 4.69) is 14.2 Å². The molecule has 0 unspecified atom stereocenters. The van der Waals surface area contributed by atoms with Gasteiger partial charge in [0.25, 0.3) is 0 Å². The van der Waals surface area contributed by atoms with Gasteiger partial charge in [-0.3, -0.25) is 4.79 Å². The smallest absolute Gasteiger partial charge is 0.339 e. The molecule has 0 fully saturated rings. The molecule has 0 aliphatic carbocycles. The lowest BCUT2D eigenvalue weighted by Gasteiger charge is -2.13. The van der Waals surface area contributed by atoms with Crippen LogP contribution in [0.4, 0.5) is 0 Å². The summed E-state index contributed by atoms with van der Waals surface area (Å²) in [6, 6.07) is 2.31. The number of carbonyl (C=O) groups is 3. The maximum atomic E-state index is 11.9. The van der Waals surface area contributed by atoms with E-state index in [1.807, 2.05) is 0 Å². The molecule has 0 amide bonds. The van der Waals surface area contributed by atoms with Crippen molar-refractivity contribution in [1.82, 2.24) is 0 Å². The Labute approximate surface area is 125 Å². The lowest BCUT2D eigenvalue weighted by molar-refractivity contribution is 0.0535. The van der Waals surface area contributed by atoms with E-state index < -0.39 is 24.5 Å². The van der Waals surface area contributed by atoms with E-state index in [1.165, 1.54) is 6.29 Å². The molecule has 1 aromatic carbocycles. The highest BCUT2D eigenvalue weighted by Crippen LogP contribution is 2.25. The zero-order valence-electron chi connectivity index (χ0n) is 12.1. The molecule has 0 saturated carbocycles. The summed E-state index contributed by atoms with van der Waals surface area (Å²) in [6.45, 7) is -0.418. The van der Waals surface area contributed by atoms with Crippen LogP contribution in [0.3, 0.4) is 0 Å². The Bertz CT molecular complexity index is 568. The second-order valence-corrected chi connectivity index (χ2v) is 3.80. The molecule has 0 heterocycles. The minimum absolute atomic E-state index is 0.00296. The van der Waals surface area contributed by atoms with Gasteiger partial charge < -0.3 is 18.9 Å². The van der Waals surface area contributed by atoms with Gasteiger partial charge in [-0.15, -0.1) is 0 Å². The predicted molar refractivity (Wildman–Crippen MR) is 71.6 cm³/mol. The van der Waals surface area contributed by atoms with Crippen LogP contribution in [-0.4, -0.2) is 52.1 Å². The lowest BCUT2D eigenvalue weighted by atomic mass is 10.00. The number of rotatable bonds is 6. The average molecular weight is 309 g/mol. The first-order valence-electron chi connectivity index (χ1n) is 5.90. The van der Waals surface area contributed by atoms with E-state index in [1.54, 1.807) is 0 Å². The Morgan fingerprint density at radius 1 is 0.909 bits per heavy atom. The lowest BCUT2D eigenvalue weighted by Crippen LogP contribution is -2.18. The van der Waals surface area contributed by atoms with Gasteiger partial charge in [0.2, 0.25) is 6.29 Å². The number of methoxy groups -OCH3 is 3. The highest BCUT2D eigenvalue weighted by molar-refractivity contribution is 6.10. The van der Waals surface area contributed by atoms with E-state index in [9.17, 15) is 19.2 Å². The Hall–Kier alpha value is -2.90. The monoisotopic (exact) mass is 309 g/mol. The van der Waals surface area contributed by atoms with Gasteiger partial charge in [0.05, 0.1) is 38.0 Å². The molecule has 1 radical (unpaired) electrons. The van der Waals surface area contributed by atoms with Crippen molar-refractivity contribution < 1.29 is 38.1 Å². The van der Waals surface area contributed by atoms with Crippen LogP contribution in [0.25, 0.3) is 0 Å². The van der Waals surface area contributed by atoms with Gasteiger partial charge in [-0.05, 0) is 12.1 Å². The molecule has 117 valence electrons. The zero-order valence-corrected chi connectivity index (χ0v) is 12.1. The SMILES string of the molecule is COC(=O)c1cc(OC[C]=O)cc(C(=O)OC)c1C(=O)OC. The highest BCUT2D eigenvalue weighted by atomic mass is 16.5. The Morgan fingerprint density at radius 2 is 1.36 bits per heavy atom. The summed E-state index contributed by atoms with van der Waals surface area (Å²) >= 11 is 0. The molecule has 0 atom stereocenters. The molecule has 0 aliphatic rings. The molecule has 0 aliphatic heterocycles. The van der Waals surface area contributed by atoms with Crippen molar-refractivity contribution in [2.75, 3.05) is 27.9 Å². The van der Waals surface area contributed by atoms with Crippen molar-refractivity contribution in [2.45, 2.75) is 0 Å². The number of hydrogen-bond donors (Lipinski definition) is 0. The van der Waals surface area contributed by atoms with Gasteiger partial charge in [0, 0.05) is 0 Å². The number of benzene rings is 1. The quantitative estimate of drug-likeness (QED) is 0.553. The van der Waals surface area contributed by atoms with Gasteiger partial charge in [0.1, 0.15) is 5.75 Å². The van der Waals surface area contributed by atoms with E-state index in [-0.39, 0.29) is 22.4 Å². The van der Waals surface area contributed by atoms with E-state index in [4.69, 9.17) is 4.74 Å². The second kappa shape index (κ2) is 7.77. The van der Waals surface area contributed by atoms with Crippen LogP contribution in [0.15, 0.2) is 12.1 Å². The van der Waals surface area contributed by atoms with E-state index >= 15 is 0 Å². The van der Waals surface area contributed by atoms with Crippen molar-refractivity contribution in [2.24, 2.45) is 0 Å². The third-order valence-electron chi connectivity index (χ3n) is 2.61. The van der Waals surface area contributed by atoms with Gasteiger partial charge in [-0.1, -0.05) is 0 Å². The Balaban J connectivity index is 3.60. The molecule has 0 spiro atoms. The van der Waals surface area contributed by atoms with Crippen LogP contribution in [0.5, 0.6) is 5.75 Å². The third-order valence-corrected chi connectivity index (χ3v) is 2.61. The molecule has 8 heteroatoms. The summed E-state index contributed by atoms with van der Waals surface area (Å²) in [5.41, 5.74) is -0.820. The maximum absolute atomic E-state index is 11.9. The highest BCUT2D eigenvalue weighted by Gasteiger charge is 2.28. The minimum Gasteiger partial charge on any atom is -0.485 e. The number of hydrogen-bond acceptors (Lipinski definition) is 8. The predicted octanol–water partition coefficient (Wildman–Crippen LogP) is 0.535. The molecule has 22 heavy (non-hydrogen) atoms. The summed E-state index contributed by atoms with van der Waals surface area (Å²) in [6.07, 6.45) is 1.49. The fraction of sp³-hybridized carbons (Fsp3) is 0.286. The molecule has 0 N–H and O–H groups in total. The zero-order chi connectivity index (χ0) is 16.7. The number of carbonyl (C=O) groups excluding carboxylic acids is 4. The molecule has 0 aromatic heterocycles. The van der Waals surface area contributed by atoms with E-state index in [0.29, 0.717) is 0 Å². The van der Waals surface area contributed by atoms with Gasteiger partial charge in [-0.2, -0.15) is 0 Å². The fourth-order valence-corrected chi connectivity index (χ4v) is 1.68. The maximum Gasteiger partial charge on any atom is 0.339 e. The number of esters is 3. The van der Waals surface area contributed by atoms with Crippen LogP contribution >= 0.6 is 0 Å². The minimum atomic E-state index is -0.922. The molecule has 8 nitrogen and oxygen atoms in total. The summed E-state index contributed by atoms with van der Waals surface area (Å²) in [5.74, 6) is -2.69. The molecule has 1 aromatic rings. The van der Waals surface area contributed by atoms with Crippen molar-refractivity contribution in [3.63, 3.8) is 0 Å². The Kier molecular flexibility index (Phi) is 6.06. The third kappa shape index (κ3) is 3.60. The first kappa shape index (κ1) is 17.2. The Morgan fingerprint density at radius 3 is 1.73 bits per heavy atom. The average Bonchev–Trinajstić information content (AvgIpc) is 2.56. The van der Waals surface area contributed by atoms with Crippen molar-refractivity contribution >= 4 is 24.2 Å². The topological polar surface area (TPSA) is 105 Å². The first-order valence-corrected chi connectivity index (χ1v) is 5.90. The standard InChI is InChI=1S/C14H13O8/c1-19-12(16)9-6-8(22-5-4-15)7-10(13(17)20-2)11(9)14(18)21-3/h6-7H,5H2,1-3H3. The van der Waals surface area contributed by atoms with Crippen LogP contribution < -0.4 is 4.74 Å². The summed E-state index contributed by atoms with van der Waals surface area (Å²) < 4.78 is 18.7. The summed E-state index contributed by atoms with van der Waals surface area (Å²) in [7, 11) is 3.30. The van der Waals surface area contributed by atoms with Gasteiger partial charge >= 0.3 is 17.9 Å². The normalized spacial score (nSPS) is 9.59. The number of ether oxygens (including phenoxy) is 4. The van der Waals surface area contributed by atoms with Crippen molar-refractivity contribution in [3.8, 4) is 5.75 Å². The summed E-state index contributed by atoms with van der Waals surface area (Å²) in [4.78, 5) is 45.8. The first-order chi connectivity index (χ1) is 10.5. The van der Waals surface area contributed by atoms with Crippen LogP contribution in [0.2, 0.25) is 0 Å². The van der Waals surface area contributed by atoms with Crippen LogP contribution in [0, 0.1) is 0 Å². The summed E-state index contributed by atoms with van der Waals surface area (Å²) in [5, 5.41) is 0. The molecule has 0 saturated heterocycles. The largest absolute Gasteiger partial charge is 0.485 e. The molecular weight excluding hydrogens is 296 g/mol. The van der Waals surface area contributed by atoms with Crippen molar-refractivity contribution in [1.29, 1.82) is 0 Å². The van der Waals surface area contributed by atoms with Gasteiger partial charge in [-0.25, -0.2) is 14.4 Å². The molecular formula is C14H13O8. The fourth-order valence-electron chi connectivity index (χ4n) is 1.68. The van der Waals surface area contributed by atoms with Crippen LogP contribution in [0.1, 0.15) is 31.1 Å². The van der Waals surface area contributed by atoms with Crippen LogP contribution in [-0.2, 0) is 19.0 Å². The second-order valence-electron chi connectivity index (χ2n) is 3.80. The molecule has 0 bridgehead atoms. The van der Waals surface area contributed by atoms with Crippen molar-refractivity contribution in [3.05, 3.63) is 28.8 Å². The van der Waals surface area contributed by atoms with Gasteiger partial charge in [0.15, 0.2) is 6.61 Å². The van der Waals surface area contributed by atoms with E-state index in [0.717, 1.165) is 33.5 Å².